The van der Waals surface area contributed by atoms with Crippen molar-refractivity contribution in [3.8, 4) is 11.1 Å². The van der Waals surface area contributed by atoms with Crippen molar-refractivity contribution < 1.29 is 27.1 Å². The molecule has 0 aromatic heterocycles. The fraction of sp³-hybridized carbons (Fsp3) is 0.440. The Bertz CT molecular complexity index is 1230. The highest BCUT2D eigenvalue weighted by Crippen LogP contribution is 2.29. The van der Waals surface area contributed by atoms with Gasteiger partial charge >= 0.3 is 6.09 Å². The molecule has 7 nitrogen and oxygen atoms in total. The van der Waals surface area contributed by atoms with Gasteiger partial charge in [-0.25, -0.2) is 22.3 Å². The molecule has 1 fully saturated rings. The molecule has 2 atom stereocenters. The van der Waals surface area contributed by atoms with Gasteiger partial charge in [-0.3, -0.25) is 4.79 Å². The highest BCUT2D eigenvalue weighted by atomic mass is 35.5. The Hall–Kier alpha value is -2.49. The van der Waals surface area contributed by atoms with Gasteiger partial charge in [0.2, 0.25) is 10.0 Å². The minimum atomic E-state index is -3.88. The van der Waals surface area contributed by atoms with Crippen molar-refractivity contribution in [2.45, 2.75) is 63.9 Å². The lowest BCUT2D eigenvalue weighted by molar-refractivity contribution is 0.0505. The Morgan fingerprint density at radius 2 is 1.86 bits per heavy atom. The Balaban J connectivity index is 1.65. The number of hydrogen-bond donors (Lipinski definition) is 2. The smallest absolute Gasteiger partial charge is 0.407 e. The van der Waals surface area contributed by atoms with Gasteiger partial charge in [-0.2, -0.15) is 0 Å². The van der Waals surface area contributed by atoms with E-state index in [1.54, 1.807) is 20.8 Å². The molecule has 35 heavy (non-hydrogen) atoms. The van der Waals surface area contributed by atoms with E-state index >= 15 is 0 Å². The number of nitrogens with one attached hydrogen (secondary N) is 2. The summed E-state index contributed by atoms with van der Waals surface area (Å²) in [5.74, 6) is -1.63. The van der Waals surface area contributed by atoms with E-state index in [-0.39, 0.29) is 23.0 Å². The van der Waals surface area contributed by atoms with E-state index in [0.29, 0.717) is 18.4 Å². The summed E-state index contributed by atoms with van der Waals surface area (Å²) in [5.41, 5.74) is 1.35. The molecule has 1 saturated carbocycles. The quantitative estimate of drug-likeness (QED) is 0.496. The van der Waals surface area contributed by atoms with E-state index in [4.69, 9.17) is 16.3 Å². The molecule has 0 spiro atoms. The Morgan fingerprint density at radius 3 is 2.51 bits per heavy atom. The normalized spacial score (nSPS) is 18.3. The third-order valence-corrected chi connectivity index (χ3v) is 7.79. The van der Waals surface area contributed by atoms with Crippen molar-refractivity contribution in [3.63, 3.8) is 0 Å². The third-order valence-electron chi connectivity index (χ3n) is 5.66. The minimum Gasteiger partial charge on any atom is -0.444 e. The number of hydrogen-bond acceptors (Lipinski definition) is 5. The fourth-order valence-electron chi connectivity index (χ4n) is 3.99. The molecule has 0 heterocycles. The molecular formula is C25H30ClFN2O5S. The van der Waals surface area contributed by atoms with Crippen molar-refractivity contribution in [2.75, 3.05) is 6.54 Å². The maximum absolute atomic E-state index is 14.7. The number of sulfonamides is 1. The average Bonchev–Trinajstić information content (AvgIpc) is 3.22. The summed E-state index contributed by atoms with van der Waals surface area (Å²) < 4.78 is 47.7. The number of rotatable bonds is 7. The molecule has 3 rings (SSSR count). The number of amides is 1. The number of carbonyl (C=O) groups excluding carboxylic acids is 2. The lowest BCUT2D eigenvalue weighted by Gasteiger charge is -2.21. The number of halogens is 2. The van der Waals surface area contributed by atoms with Crippen LogP contribution >= 0.6 is 11.6 Å². The zero-order chi connectivity index (χ0) is 26.0. The maximum atomic E-state index is 14.7. The molecular weight excluding hydrogens is 495 g/mol. The molecule has 2 aromatic rings. The van der Waals surface area contributed by atoms with Crippen molar-refractivity contribution in [1.29, 1.82) is 0 Å². The van der Waals surface area contributed by atoms with Crippen LogP contribution in [0, 0.1) is 12.7 Å². The molecule has 1 amide bonds. The van der Waals surface area contributed by atoms with Gasteiger partial charge in [0.15, 0.2) is 11.6 Å². The molecule has 2 N–H and O–H groups in total. The number of ketones is 1. The second-order valence-corrected chi connectivity index (χ2v) is 12.2. The second kappa shape index (κ2) is 10.6. The first-order valence-electron chi connectivity index (χ1n) is 11.3. The van der Waals surface area contributed by atoms with Gasteiger partial charge in [0.05, 0.1) is 22.4 Å². The summed E-state index contributed by atoms with van der Waals surface area (Å²) in [6, 6.07) is 9.89. The van der Waals surface area contributed by atoms with E-state index in [0.717, 1.165) is 11.1 Å². The summed E-state index contributed by atoms with van der Waals surface area (Å²) >= 11 is 6.03. The van der Waals surface area contributed by atoms with E-state index in [1.807, 2.05) is 31.2 Å². The largest absolute Gasteiger partial charge is 0.444 e. The molecule has 1 aliphatic rings. The van der Waals surface area contributed by atoms with Crippen LogP contribution in [0.15, 0.2) is 36.4 Å². The molecule has 0 bridgehead atoms. The third kappa shape index (κ3) is 7.25. The molecule has 0 radical (unpaired) electrons. The van der Waals surface area contributed by atoms with Gasteiger partial charge in [-0.05, 0) is 70.2 Å². The maximum Gasteiger partial charge on any atom is 0.407 e. The van der Waals surface area contributed by atoms with Crippen LogP contribution in [0.5, 0.6) is 0 Å². The van der Waals surface area contributed by atoms with Crippen LogP contribution in [0.2, 0.25) is 5.02 Å². The van der Waals surface area contributed by atoms with Gasteiger partial charge in [0, 0.05) is 6.04 Å². The van der Waals surface area contributed by atoms with E-state index in [9.17, 15) is 22.4 Å². The Labute approximate surface area is 210 Å². The predicted octanol–water partition coefficient (Wildman–Crippen LogP) is 5.00. The van der Waals surface area contributed by atoms with E-state index in [1.165, 1.54) is 12.1 Å². The first kappa shape index (κ1) is 27.1. The van der Waals surface area contributed by atoms with Crippen molar-refractivity contribution in [1.82, 2.24) is 10.0 Å². The summed E-state index contributed by atoms with van der Waals surface area (Å²) in [6.45, 7) is 6.52. The van der Waals surface area contributed by atoms with Crippen LogP contribution in [0.1, 0.15) is 56.0 Å². The second-order valence-electron chi connectivity index (χ2n) is 9.76. The molecule has 0 aliphatic heterocycles. The number of ether oxygens (including phenoxy) is 1. The fourth-order valence-corrected chi connectivity index (χ4v) is 5.71. The van der Waals surface area contributed by atoms with Crippen molar-refractivity contribution in [3.05, 3.63) is 58.4 Å². The molecule has 10 heteroatoms. The van der Waals surface area contributed by atoms with Crippen LogP contribution < -0.4 is 10.0 Å². The summed E-state index contributed by atoms with van der Waals surface area (Å²) in [7, 11) is -3.88. The monoisotopic (exact) mass is 524 g/mol. The van der Waals surface area contributed by atoms with Crippen LogP contribution in [0.3, 0.4) is 0 Å². The van der Waals surface area contributed by atoms with Gasteiger partial charge in [-0.15, -0.1) is 0 Å². The van der Waals surface area contributed by atoms with Crippen molar-refractivity contribution in [2.24, 2.45) is 0 Å². The number of Topliss-reactive ketones (excluding diaryl/α,β-unsaturated/α-hetero) is 1. The number of benzene rings is 2. The van der Waals surface area contributed by atoms with Crippen LogP contribution in [0.4, 0.5) is 9.18 Å². The predicted molar refractivity (Wildman–Crippen MR) is 134 cm³/mol. The standard InChI is InChI=1S/C25H30ClFN2O5S/c1-15-6-5-7-16(10-15)17-11-20(23(27)21(26)12-17)22(30)14-28-35(32,33)19-9-8-18(13-19)29-24(31)34-25(2,3)4/h5-7,10-12,18-19,28H,8-9,13-14H2,1-4H3,(H,29,31). The van der Waals surface area contributed by atoms with Crippen LogP contribution in [-0.2, 0) is 14.8 Å². The minimum absolute atomic E-state index is 0.186. The summed E-state index contributed by atoms with van der Waals surface area (Å²) in [6.07, 6.45) is 0.352. The summed E-state index contributed by atoms with van der Waals surface area (Å²) in [5, 5.41) is 1.67. The van der Waals surface area contributed by atoms with Gasteiger partial charge in [0.25, 0.3) is 0 Å². The topological polar surface area (TPSA) is 102 Å². The van der Waals surface area contributed by atoms with Crippen LogP contribution in [0.25, 0.3) is 11.1 Å². The molecule has 190 valence electrons. The first-order chi connectivity index (χ1) is 16.2. The first-order valence-corrected chi connectivity index (χ1v) is 13.2. The number of alkyl carbamates (subject to hydrolysis) is 1. The number of carbonyl (C=O) groups is 2. The van der Waals surface area contributed by atoms with Crippen LogP contribution in [-0.4, -0.2) is 43.7 Å². The average molecular weight is 525 g/mol. The van der Waals surface area contributed by atoms with Gasteiger partial charge < -0.3 is 10.1 Å². The van der Waals surface area contributed by atoms with Gasteiger partial charge in [0.1, 0.15) is 5.60 Å². The van der Waals surface area contributed by atoms with E-state index in [2.05, 4.69) is 10.0 Å². The lowest BCUT2D eigenvalue weighted by atomic mass is 9.99. The molecule has 1 aliphatic carbocycles. The van der Waals surface area contributed by atoms with Crippen molar-refractivity contribution >= 4 is 33.5 Å². The molecule has 0 saturated heterocycles. The Morgan fingerprint density at radius 1 is 1.14 bits per heavy atom. The lowest BCUT2D eigenvalue weighted by Crippen LogP contribution is -2.40. The highest BCUT2D eigenvalue weighted by Gasteiger charge is 2.36. The number of aryl methyl sites for hydroxylation is 1. The van der Waals surface area contributed by atoms with Gasteiger partial charge in [-0.1, -0.05) is 41.4 Å². The zero-order valence-electron chi connectivity index (χ0n) is 20.2. The molecule has 2 aromatic carbocycles. The zero-order valence-corrected chi connectivity index (χ0v) is 21.7. The molecule has 2 unspecified atom stereocenters. The van der Waals surface area contributed by atoms with E-state index < -0.39 is 45.1 Å². The SMILES string of the molecule is Cc1cccc(-c2cc(Cl)c(F)c(C(=O)CNS(=O)(=O)C3CCC(NC(=O)OC(C)(C)C)C3)c2)c1. The summed E-state index contributed by atoms with van der Waals surface area (Å²) in [4.78, 5) is 24.7. The Kier molecular flexibility index (Phi) is 8.24. The highest BCUT2D eigenvalue weighted by molar-refractivity contribution is 7.90.